The van der Waals surface area contributed by atoms with Gasteiger partial charge in [0.1, 0.15) is 11.7 Å². The molecule has 0 bridgehead atoms. The van der Waals surface area contributed by atoms with Crippen molar-refractivity contribution < 1.29 is 20.4 Å². The predicted octanol–water partition coefficient (Wildman–Crippen LogP) is -2.59. The van der Waals surface area contributed by atoms with Gasteiger partial charge in [0, 0.05) is 18.6 Å². The van der Waals surface area contributed by atoms with Gasteiger partial charge < -0.3 is 26.2 Å². The van der Waals surface area contributed by atoms with Crippen LogP contribution in [-0.4, -0.2) is 51.4 Å². The number of aliphatic hydroxyl groups excluding tert-OH is 3. The summed E-state index contributed by atoms with van der Waals surface area (Å²) in [4.78, 5) is 0. The molecule has 1 saturated carbocycles. The van der Waals surface area contributed by atoms with Crippen LogP contribution in [0.3, 0.4) is 0 Å². The van der Waals surface area contributed by atoms with Crippen LogP contribution in [0.5, 0.6) is 0 Å². The van der Waals surface area contributed by atoms with Crippen molar-refractivity contribution in [2.24, 2.45) is 11.7 Å². The van der Waals surface area contributed by atoms with Crippen LogP contribution in [0.15, 0.2) is 0 Å². The molecule has 6 N–H and O–H groups in total. The third-order valence-corrected chi connectivity index (χ3v) is 2.58. The van der Waals surface area contributed by atoms with E-state index in [-0.39, 0.29) is 18.9 Å². The number of hydrogen-bond acceptors (Lipinski definition) is 5. The molecule has 0 aromatic rings. The molecule has 0 saturated heterocycles. The molecule has 1 aliphatic rings. The summed E-state index contributed by atoms with van der Waals surface area (Å²) in [6.07, 6.45) is -1.01. The molecule has 0 unspecified atom stereocenters. The van der Waals surface area contributed by atoms with Crippen molar-refractivity contribution in [2.45, 2.75) is 24.2 Å². The molecule has 0 radical (unpaired) electrons. The van der Waals surface area contributed by atoms with E-state index in [0.717, 1.165) is 0 Å². The Hall–Kier alpha value is -0.200. The zero-order valence-corrected chi connectivity index (χ0v) is 6.72. The third kappa shape index (κ3) is 1.34. The first kappa shape index (κ1) is 9.88. The summed E-state index contributed by atoms with van der Waals surface area (Å²) < 4.78 is 0. The molecule has 0 spiro atoms. The summed E-state index contributed by atoms with van der Waals surface area (Å²) in [6.45, 7) is -0.709. The van der Waals surface area contributed by atoms with E-state index in [0.29, 0.717) is 0 Å². The first-order chi connectivity index (χ1) is 5.55. The number of aliphatic hydroxyl groups is 4. The lowest BCUT2D eigenvalue weighted by atomic mass is 10.0. The molecule has 5 heteroatoms. The molecule has 0 aromatic heterocycles. The van der Waals surface area contributed by atoms with Crippen molar-refractivity contribution in [2.75, 3.05) is 13.2 Å². The third-order valence-electron chi connectivity index (χ3n) is 2.58. The fourth-order valence-electron chi connectivity index (χ4n) is 1.67. The van der Waals surface area contributed by atoms with Crippen LogP contribution in [0.4, 0.5) is 0 Å². The van der Waals surface area contributed by atoms with Crippen LogP contribution in [0.1, 0.15) is 6.42 Å². The molecule has 4 atom stereocenters. The molecule has 0 aromatic carbocycles. The van der Waals surface area contributed by atoms with Gasteiger partial charge in [0.25, 0.3) is 0 Å². The minimum atomic E-state index is -1.53. The van der Waals surface area contributed by atoms with E-state index in [4.69, 9.17) is 15.9 Å². The molecular weight excluding hydrogens is 162 g/mol. The van der Waals surface area contributed by atoms with Gasteiger partial charge in [0.05, 0.1) is 6.61 Å². The minimum Gasteiger partial charge on any atom is -0.396 e. The van der Waals surface area contributed by atoms with E-state index in [9.17, 15) is 10.2 Å². The molecule has 12 heavy (non-hydrogen) atoms. The van der Waals surface area contributed by atoms with Crippen LogP contribution in [-0.2, 0) is 0 Å². The van der Waals surface area contributed by atoms with E-state index in [2.05, 4.69) is 0 Å². The Morgan fingerprint density at radius 1 is 1.42 bits per heavy atom. The maximum absolute atomic E-state index is 9.55. The summed E-state index contributed by atoms with van der Waals surface area (Å²) in [5.74, 6) is -0.336. The summed E-state index contributed by atoms with van der Waals surface area (Å²) in [5.41, 5.74) is 3.97. The molecule has 1 fully saturated rings. The van der Waals surface area contributed by atoms with Crippen LogP contribution in [0.2, 0.25) is 0 Å². The van der Waals surface area contributed by atoms with Crippen LogP contribution in [0.25, 0.3) is 0 Å². The molecule has 72 valence electrons. The SMILES string of the molecule is N[C@@H]1[C@H](CO)C[C@@](O)(CO)[C@H]1O. The zero-order valence-electron chi connectivity index (χ0n) is 6.72. The molecule has 5 nitrogen and oxygen atoms in total. The second kappa shape index (κ2) is 3.27. The summed E-state index contributed by atoms with van der Waals surface area (Å²) in [6, 6.07) is -0.660. The fourth-order valence-corrected chi connectivity index (χ4v) is 1.67. The minimum absolute atomic E-state index is 0.141. The maximum Gasteiger partial charge on any atom is 0.115 e. The Morgan fingerprint density at radius 3 is 2.25 bits per heavy atom. The summed E-state index contributed by atoms with van der Waals surface area (Å²) in [5, 5.41) is 36.5. The fraction of sp³-hybridized carbons (Fsp3) is 1.00. The van der Waals surface area contributed by atoms with E-state index in [1.54, 1.807) is 0 Å². The Balaban J connectivity index is 2.72. The molecule has 0 amide bonds. The van der Waals surface area contributed by atoms with Crippen molar-refractivity contribution in [1.82, 2.24) is 0 Å². The Labute approximate surface area is 70.4 Å². The van der Waals surface area contributed by atoms with Gasteiger partial charge >= 0.3 is 0 Å². The number of rotatable bonds is 2. The molecule has 0 heterocycles. The Bertz CT molecular complexity index is 165. The monoisotopic (exact) mass is 177 g/mol. The van der Waals surface area contributed by atoms with Gasteiger partial charge in [0.2, 0.25) is 0 Å². The van der Waals surface area contributed by atoms with Gasteiger partial charge in [-0.25, -0.2) is 0 Å². The molecular formula is C7H15NO4. The lowest BCUT2D eigenvalue weighted by Crippen LogP contribution is -2.48. The number of hydrogen-bond donors (Lipinski definition) is 5. The first-order valence-corrected chi connectivity index (χ1v) is 3.93. The molecule has 1 aliphatic carbocycles. The van der Waals surface area contributed by atoms with Crippen LogP contribution in [0, 0.1) is 5.92 Å². The molecule has 0 aliphatic heterocycles. The van der Waals surface area contributed by atoms with E-state index in [1.165, 1.54) is 0 Å². The average Bonchev–Trinajstić information content (AvgIpc) is 2.31. The van der Waals surface area contributed by atoms with Crippen molar-refractivity contribution in [3.05, 3.63) is 0 Å². The topological polar surface area (TPSA) is 107 Å². The van der Waals surface area contributed by atoms with E-state index < -0.39 is 24.4 Å². The van der Waals surface area contributed by atoms with Crippen molar-refractivity contribution in [1.29, 1.82) is 0 Å². The first-order valence-electron chi connectivity index (χ1n) is 3.93. The van der Waals surface area contributed by atoms with Gasteiger partial charge in [-0.15, -0.1) is 0 Å². The van der Waals surface area contributed by atoms with Crippen LogP contribution >= 0.6 is 0 Å². The van der Waals surface area contributed by atoms with Crippen molar-refractivity contribution >= 4 is 0 Å². The average molecular weight is 177 g/mol. The largest absolute Gasteiger partial charge is 0.396 e. The van der Waals surface area contributed by atoms with Crippen molar-refractivity contribution in [3.8, 4) is 0 Å². The van der Waals surface area contributed by atoms with Gasteiger partial charge in [-0.2, -0.15) is 0 Å². The standard InChI is InChI=1S/C7H15NO4/c8-5-4(2-9)1-7(12,3-10)6(5)11/h4-6,9-12H,1-3,8H2/t4-,5+,6-,7+/m0/s1. The Morgan fingerprint density at radius 2 is 2.00 bits per heavy atom. The van der Waals surface area contributed by atoms with Crippen molar-refractivity contribution in [3.63, 3.8) is 0 Å². The lowest BCUT2D eigenvalue weighted by Gasteiger charge is -2.24. The van der Waals surface area contributed by atoms with Crippen LogP contribution < -0.4 is 5.73 Å². The predicted molar refractivity (Wildman–Crippen MR) is 41.2 cm³/mol. The van der Waals surface area contributed by atoms with E-state index >= 15 is 0 Å². The summed E-state index contributed by atoms with van der Waals surface area (Å²) >= 11 is 0. The second-order valence-electron chi connectivity index (χ2n) is 3.43. The highest BCUT2D eigenvalue weighted by Gasteiger charge is 2.50. The highest BCUT2D eigenvalue weighted by molar-refractivity contribution is 5.03. The highest BCUT2D eigenvalue weighted by Crippen LogP contribution is 2.33. The van der Waals surface area contributed by atoms with Gasteiger partial charge in [-0.3, -0.25) is 0 Å². The van der Waals surface area contributed by atoms with E-state index in [1.807, 2.05) is 0 Å². The maximum atomic E-state index is 9.55. The lowest BCUT2D eigenvalue weighted by molar-refractivity contribution is -0.0889. The van der Waals surface area contributed by atoms with Gasteiger partial charge in [-0.1, -0.05) is 0 Å². The second-order valence-corrected chi connectivity index (χ2v) is 3.43. The quantitative estimate of drug-likeness (QED) is 0.318. The normalized spacial score (nSPS) is 48.2. The zero-order chi connectivity index (χ0) is 9.35. The Kier molecular flexibility index (Phi) is 2.70. The number of nitrogens with two attached hydrogens (primary N) is 1. The smallest absolute Gasteiger partial charge is 0.115 e. The molecule has 1 rings (SSSR count). The highest BCUT2D eigenvalue weighted by atomic mass is 16.4. The summed E-state index contributed by atoms with van der Waals surface area (Å²) in [7, 11) is 0. The van der Waals surface area contributed by atoms with Gasteiger partial charge in [0.15, 0.2) is 0 Å². The van der Waals surface area contributed by atoms with Gasteiger partial charge in [-0.05, 0) is 6.42 Å².